The molecule has 30 heavy (non-hydrogen) atoms. The number of benzene rings is 3. The molecule has 3 aromatic carbocycles. The van der Waals surface area contributed by atoms with E-state index in [1.165, 1.54) is 0 Å². The van der Waals surface area contributed by atoms with Crippen LogP contribution in [0.4, 0.5) is 5.69 Å². The van der Waals surface area contributed by atoms with Gasteiger partial charge in [-0.1, -0.05) is 56.1 Å². The first-order valence-corrected chi connectivity index (χ1v) is 10.8. The molecule has 1 unspecified atom stereocenters. The summed E-state index contributed by atoms with van der Waals surface area (Å²) in [5.74, 6) is -1.33. The summed E-state index contributed by atoms with van der Waals surface area (Å²) in [4.78, 5) is 40.3. The van der Waals surface area contributed by atoms with Gasteiger partial charge in [-0.15, -0.1) is 0 Å². The molecule has 150 valence electrons. The van der Waals surface area contributed by atoms with Gasteiger partial charge in [0.15, 0.2) is 0 Å². The fourth-order valence-electron chi connectivity index (χ4n) is 3.39. The predicted molar refractivity (Wildman–Crippen MR) is 121 cm³/mol. The van der Waals surface area contributed by atoms with Crippen LogP contribution in [0.3, 0.4) is 0 Å². The fourth-order valence-corrected chi connectivity index (χ4v) is 3.92. The van der Waals surface area contributed by atoms with E-state index in [2.05, 4.69) is 37.2 Å². The third-order valence-corrected chi connectivity index (χ3v) is 5.95. The molecule has 0 saturated carbocycles. The Morgan fingerprint density at radius 3 is 1.83 bits per heavy atom. The van der Waals surface area contributed by atoms with Crippen molar-refractivity contribution in [3.8, 4) is 0 Å². The largest absolute Gasteiger partial charge is 0.324 e. The first-order valence-electron chi connectivity index (χ1n) is 9.22. The number of amides is 3. The van der Waals surface area contributed by atoms with Gasteiger partial charge in [0.05, 0.1) is 11.1 Å². The van der Waals surface area contributed by atoms with Gasteiger partial charge >= 0.3 is 0 Å². The van der Waals surface area contributed by atoms with Crippen LogP contribution in [0.5, 0.6) is 0 Å². The zero-order valence-corrected chi connectivity index (χ0v) is 18.8. The SMILES string of the molecule is O=C(Nc1ccc(Br)cc1)C(Cc1ccc(Br)cc1)N1C(=O)c2ccccc2C1=O. The molecule has 1 heterocycles. The Balaban J connectivity index is 1.67. The molecule has 3 amide bonds. The third kappa shape index (κ3) is 4.08. The number of hydrogen-bond acceptors (Lipinski definition) is 3. The van der Waals surface area contributed by atoms with E-state index in [0.29, 0.717) is 16.8 Å². The van der Waals surface area contributed by atoms with Crippen molar-refractivity contribution >= 4 is 55.3 Å². The summed E-state index contributed by atoms with van der Waals surface area (Å²) in [6.07, 6.45) is 0.209. The predicted octanol–water partition coefficient (Wildman–Crippen LogP) is 5.06. The topological polar surface area (TPSA) is 66.5 Å². The Morgan fingerprint density at radius 1 is 0.800 bits per heavy atom. The van der Waals surface area contributed by atoms with Crippen LogP contribution in [0.2, 0.25) is 0 Å². The second kappa shape index (κ2) is 8.53. The van der Waals surface area contributed by atoms with Gasteiger partial charge in [0, 0.05) is 21.1 Å². The summed E-state index contributed by atoms with van der Waals surface area (Å²) >= 11 is 6.76. The van der Waals surface area contributed by atoms with Crippen LogP contribution in [0, 0.1) is 0 Å². The van der Waals surface area contributed by atoms with Crippen LogP contribution in [-0.4, -0.2) is 28.7 Å². The number of anilines is 1. The molecule has 0 spiro atoms. The Morgan fingerprint density at radius 2 is 1.30 bits per heavy atom. The zero-order valence-electron chi connectivity index (χ0n) is 15.6. The molecule has 0 radical (unpaired) electrons. The van der Waals surface area contributed by atoms with E-state index in [4.69, 9.17) is 0 Å². The summed E-state index contributed by atoms with van der Waals surface area (Å²) in [6.45, 7) is 0. The fraction of sp³-hybridized carbons (Fsp3) is 0.0870. The molecule has 1 aliphatic rings. The van der Waals surface area contributed by atoms with Gasteiger partial charge in [0.25, 0.3) is 11.8 Å². The van der Waals surface area contributed by atoms with Gasteiger partial charge in [0.2, 0.25) is 5.91 Å². The lowest BCUT2D eigenvalue weighted by Crippen LogP contribution is -2.48. The average Bonchev–Trinajstić information content (AvgIpc) is 3.00. The lowest BCUT2D eigenvalue weighted by Gasteiger charge is -2.25. The minimum atomic E-state index is -0.984. The van der Waals surface area contributed by atoms with Crippen LogP contribution >= 0.6 is 31.9 Å². The maximum Gasteiger partial charge on any atom is 0.262 e. The number of nitrogens with one attached hydrogen (secondary N) is 1. The summed E-state index contributed by atoms with van der Waals surface area (Å²) < 4.78 is 1.79. The molecule has 0 bridgehead atoms. The van der Waals surface area contributed by atoms with E-state index in [1.54, 1.807) is 48.5 Å². The number of hydrogen-bond donors (Lipinski definition) is 1. The third-order valence-electron chi connectivity index (χ3n) is 4.89. The second-order valence-electron chi connectivity index (χ2n) is 6.87. The maximum atomic E-state index is 13.2. The van der Waals surface area contributed by atoms with Crippen molar-refractivity contribution in [2.24, 2.45) is 0 Å². The first-order chi connectivity index (χ1) is 14.4. The number of fused-ring (bicyclic) bond motifs is 1. The molecule has 4 rings (SSSR count). The zero-order chi connectivity index (χ0) is 21.3. The van der Waals surface area contributed by atoms with Crippen molar-refractivity contribution in [2.45, 2.75) is 12.5 Å². The lowest BCUT2D eigenvalue weighted by atomic mass is 10.0. The molecule has 0 aromatic heterocycles. The van der Waals surface area contributed by atoms with E-state index >= 15 is 0 Å². The van der Waals surface area contributed by atoms with Crippen molar-refractivity contribution in [3.05, 3.63) is 98.4 Å². The number of rotatable bonds is 5. The molecule has 1 N–H and O–H groups in total. The van der Waals surface area contributed by atoms with Crippen molar-refractivity contribution < 1.29 is 14.4 Å². The van der Waals surface area contributed by atoms with Gasteiger partial charge in [-0.25, -0.2) is 0 Å². The van der Waals surface area contributed by atoms with Gasteiger partial charge in [-0.3, -0.25) is 19.3 Å². The molecule has 0 saturated heterocycles. The summed E-state index contributed by atoms with van der Waals surface area (Å²) in [5, 5.41) is 2.83. The smallest absolute Gasteiger partial charge is 0.262 e. The standard InChI is InChI=1S/C23H16Br2N2O3/c24-15-7-5-14(6-8-15)13-20(21(28)26-17-11-9-16(25)10-12-17)27-22(29)18-3-1-2-4-19(18)23(27)30/h1-12,20H,13H2,(H,26,28). The van der Waals surface area contributed by atoms with Crippen LogP contribution in [0.1, 0.15) is 26.3 Å². The summed E-state index contributed by atoms with van der Waals surface area (Å²) in [5.41, 5.74) is 2.06. The minimum Gasteiger partial charge on any atom is -0.324 e. The van der Waals surface area contributed by atoms with E-state index < -0.39 is 23.8 Å². The number of imide groups is 1. The second-order valence-corrected chi connectivity index (χ2v) is 8.70. The highest BCUT2D eigenvalue weighted by molar-refractivity contribution is 9.10. The summed E-state index contributed by atoms with van der Waals surface area (Å²) in [6, 6.07) is 20.2. The maximum absolute atomic E-state index is 13.2. The number of carbonyl (C=O) groups excluding carboxylic acids is 3. The Kier molecular flexibility index (Phi) is 5.83. The van der Waals surface area contributed by atoms with E-state index in [0.717, 1.165) is 19.4 Å². The molecule has 0 aliphatic carbocycles. The van der Waals surface area contributed by atoms with Crippen LogP contribution in [0.15, 0.2) is 81.7 Å². The van der Waals surface area contributed by atoms with E-state index in [1.807, 2.05) is 24.3 Å². The summed E-state index contributed by atoms with van der Waals surface area (Å²) in [7, 11) is 0. The quantitative estimate of drug-likeness (QED) is 0.472. The minimum absolute atomic E-state index is 0.209. The van der Waals surface area contributed by atoms with Crippen molar-refractivity contribution in [3.63, 3.8) is 0 Å². The Hall–Kier alpha value is -2.77. The van der Waals surface area contributed by atoms with E-state index in [9.17, 15) is 14.4 Å². The van der Waals surface area contributed by atoms with Crippen molar-refractivity contribution in [1.82, 2.24) is 4.90 Å². The molecular weight excluding hydrogens is 512 g/mol. The van der Waals surface area contributed by atoms with Crippen LogP contribution in [-0.2, 0) is 11.2 Å². The molecular formula is C23H16Br2N2O3. The van der Waals surface area contributed by atoms with Crippen LogP contribution < -0.4 is 5.32 Å². The monoisotopic (exact) mass is 526 g/mol. The highest BCUT2D eigenvalue weighted by Gasteiger charge is 2.42. The first kappa shape index (κ1) is 20.5. The molecule has 3 aromatic rings. The van der Waals surface area contributed by atoms with Gasteiger partial charge in [-0.2, -0.15) is 0 Å². The highest BCUT2D eigenvalue weighted by atomic mass is 79.9. The molecule has 0 fully saturated rings. The number of carbonyl (C=O) groups is 3. The van der Waals surface area contributed by atoms with Gasteiger partial charge < -0.3 is 5.32 Å². The Bertz CT molecular complexity index is 1090. The van der Waals surface area contributed by atoms with E-state index in [-0.39, 0.29) is 6.42 Å². The van der Waals surface area contributed by atoms with Gasteiger partial charge in [0.1, 0.15) is 6.04 Å². The molecule has 5 nitrogen and oxygen atoms in total. The van der Waals surface area contributed by atoms with Crippen LogP contribution in [0.25, 0.3) is 0 Å². The lowest BCUT2D eigenvalue weighted by molar-refractivity contribution is -0.119. The normalized spacial score (nSPS) is 13.9. The molecule has 1 aliphatic heterocycles. The highest BCUT2D eigenvalue weighted by Crippen LogP contribution is 2.27. The van der Waals surface area contributed by atoms with Gasteiger partial charge in [-0.05, 0) is 54.1 Å². The Labute approximate surface area is 190 Å². The average molecular weight is 528 g/mol. The van der Waals surface area contributed by atoms with Crippen molar-refractivity contribution in [1.29, 1.82) is 0 Å². The molecule has 1 atom stereocenters. The molecule has 7 heteroatoms. The van der Waals surface area contributed by atoms with Crippen molar-refractivity contribution in [2.75, 3.05) is 5.32 Å². The number of nitrogens with zero attached hydrogens (tertiary/aromatic N) is 1. The number of halogens is 2.